The molecule has 0 aliphatic carbocycles. The van der Waals surface area contributed by atoms with E-state index in [1.807, 2.05) is 48.9 Å². The van der Waals surface area contributed by atoms with Crippen molar-refractivity contribution in [2.45, 2.75) is 31.7 Å². The molecule has 0 saturated heterocycles. The van der Waals surface area contributed by atoms with Gasteiger partial charge in [-0.3, -0.25) is 0 Å². The van der Waals surface area contributed by atoms with Gasteiger partial charge < -0.3 is 4.57 Å². The quantitative estimate of drug-likeness (QED) is 0.700. The van der Waals surface area contributed by atoms with Crippen molar-refractivity contribution in [3.63, 3.8) is 0 Å². The average molecular weight is 343 g/mol. The number of hydrogen-bond donors (Lipinski definition) is 1. The van der Waals surface area contributed by atoms with Crippen LogP contribution in [-0.4, -0.2) is 24.5 Å². The van der Waals surface area contributed by atoms with E-state index in [2.05, 4.69) is 9.71 Å². The number of aryl methyl sites for hydroxylation is 3. The van der Waals surface area contributed by atoms with Crippen LogP contribution in [0, 0.1) is 13.8 Å². The van der Waals surface area contributed by atoms with Gasteiger partial charge in [-0.25, -0.2) is 18.1 Å². The molecular formula is C18H21N3O2S. The van der Waals surface area contributed by atoms with Crippen LogP contribution in [0.2, 0.25) is 0 Å². The molecule has 0 unspecified atom stereocenters. The second-order valence-corrected chi connectivity index (χ2v) is 7.69. The summed E-state index contributed by atoms with van der Waals surface area (Å²) in [7, 11) is -3.46. The molecule has 0 bridgehead atoms. The third-order valence-electron chi connectivity index (χ3n) is 4.18. The van der Waals surface area contributed by atoms with Gasteiger partial charge in [-0.1, -0.05) is 6.07 Å². The Labute approximate surface area is 142 Å². The molecule has 0 atom stereocenters. The van der Waals surface area contributed by atoms with Crippen LogP contribution in [0.3, 0.4) is 0 Å². The van der Waals surface area contributed by atoms with Crippen LogP contribution in [0.5, 0.6) is 0 Å². The van der Waals surface area contributed by atoms with Crippen molar-refractivity contribution in [2.24, 2.45) is 0 Å². The van der Waals surface area contributed by atoms with Crippen LogP contribution >= 0.6 is 0 Å². The normalized spacial score (nSPS) is 11.9. The van der Waals surface area contributed by atoms with Crippen LogP contribution < -0.4 is 4.72 Å². The SMILES string of the molecule is Cc1ccc(S(=O)(=O)NCCCn2ccc3cccnc32)cc1C. The summed E-state index contributed by atoms with van der Waals surface area (Å²) in [6, 6.07) is 11.1. The molecule has 0 amide bonds. The van der Waals surface area contributed by atoms with Gasteiger partial charge in [-0.15, -0.1) is 0 Å². The molecule has 5 nitrogen and oxygen atoms in total. The minimum atomic E-state index is -3.46. The predicted molar refractivity (Wildman–Crippen MR) is 95.5 cm³/mol. The van der Waals surface area contributed by atoms with Gasteiger partial charge in [-0.2, -0.15) is 0 Å². The topological polar surface area (TPSA) is 64.0 Å². The summed E-state index contributed by atoms with van der Waals surface area (Å²) in [5, 5.41) is 1.09. The van der Waals surface area contributed by atoms with Crippen molar-refractivity contribution < 1.29 is 8.42 Å². The van der Waals surface area contributed by atoms with Crippen molar-refractivity contribution in [3.05, 3.63) is 59.9 Å². The molecule has 0 spiro atoms. The molecule has 2 aromatic heterocycles. The molecule has 0 fully saturated rings. The van der Waals surface area contributed by atoms with Gasteiger partial charge in [0.1, 0.15) is 5.65 Å². The Bertz CT molecular complexity index is 961. The molecule has 0 aliphatic rings. The zero-order chi connectivity index (χ0) is 17.2. The van der Waals surface area contributed by atoms with E-state index in [1.54, 1.807) is 18.3 Å². The van der Waals surface area contributed by atoms with E-state index < -0.39 is 10.0 Å². The Kier molecular flexibility index (Phi) is 4.69. The van der Waals surface area contributed by atoms with E-state index in [-0.39, 0.29) is 0 Å². The van der Waals surface area contributed by atoms with Gasteiger partial charge >= 0.3 is 0 Å². The highest BCUT2D eigenvalue weighted by molar-refractivity contribution is 7.89. The van der Waals surface area contributed by atoms with Gasteiger partial charge in [0.25, 0.3) is 0 Å². The van der Waals surface area contributed by atoms with Crippen molar-refractivity contribution in [3.8, 4) is 0 Å². The van der Waals surface area contributed by atoms with Crippen molar-refractivity contribution in [1.82, 2.24) is 14.3 Å². The van der Waals surface area contributed by atoms with Crippen LogP contribution in [0.15, 0.2) is 53.7 Å². The predicted octanol–water partition coefficient (Wildman–Crippen LogP) is 3.02. The largest absolute Gasteiger partial charge is 0.332 e. The minimum absolute atomic E-state index is 0.318. The molecule has 0 aliphatic heterocycles. The number of aromatic nitrogens is 2. The lowest BCUT2D eigenvalue weighted by Crippen LogP contribution is -2.25. The number of hydrogen-bond acceptors (Lipinski definition) is 3. The second-order valence-electron chi connectivity index (χ2n) is 5.92. The molecule has 0 radical (unpaired) electrons. The first-order valence-corrected chi connectivity index (χ1v) is 9.42. The summed E-state index contributed by atoms with van der Waals surface area (Å²) < 4.78 is 29.4. The van der Waals surface area contributed by atoms with Gasteiger partial charge in [0.15, 0.2) is 0 Å². The van der Waals surface area contributed by atoms with Crippen LogP contribution in [0.1, 0.15) is 17.5 Å². The molecule has 126 valence electrons. The Morgan fingerprint density at radius 1 is 1.12 bits per heavy atom. The Balaban J connectivity index is 1.60. The molecule has 0 saturated carbocycles. The first-order valence-electron chi connectivity index (χ1n) is 7.94. The smallest absolute Gasteiger partial charge is 0.240 e. The Hall–Kier alpha value is -2.18. The third kappa shape index (κ3) is 3.49. The molecule has 3 rings (SSSR count). The highest BCUT2D eigenvalue weighted by atomic mass is 32.2. The maximum absolute atomic E-state index is 12.3. The molecule has 24 heavy (non-hydrogen) atoms. The van der Waals surface area contributed by atoms with E-state index in [9.17, 15) is 8.42 Å². The van der Waals surface area contributed by atoms with E-state index in [0.717, 1.165) is 28.7 Å². The summed E-state index contributed by atoms with van der Waals surface area (Å²) in [5.74, 6) is 0. The number of rotatable bonds is 6. The maximum Gasteiger partial charge on any atom is 0.240 e. The number of nitrogens with one attached hydrogen (secondary N) is 1. The monoisotopic (exact) mass is 343 g/mol. The number of pyridine rings is 1. The van der Waals surface area contributed by atoms with E-state index in [1.165, 1.54) is 0 Å². The fourth-order valence-electron chi connectivity index (χ4n) is 2.62. The summed E-state index contributed by atoms with van der Waals surface area (Å²) >= 11 is 0. The molecule has 2 heterocycles. The lowest BCUT2D eigenvalue weighted by molar-refractivity contribution is 0.571. The Morgan fingerprint density at radius 2 is 1.96 bits per heavy atom. The molecule has 1 N–H and O–H groups in total. The first-order chi connectivity index (χ1) is 11.5. The number of nitrogens with zero attached hydrogens (tertiary/aromatic N) is 2. The third-order valence-corrected chi connectivity index (χ3v) is 5.64. The number of fused-ring (bicyclic) bond motifs is 1. The van der Waals surface area contributed by atoms with E-state index >= 15 is 0 Å². The summed E-state index contributed by atoms with van der Waals surface area (Å²) in [6.45, 7) is 4.99. The molecular weight excluding hydrogens is 322 g/mol. The van der Waals surface area contributed by atoms with Crippen molar-refractivity contribution in [2.75, 3.05) is 6.54 Å². The van der Waals surface area contributed by atoms with E-state index in [4.69, 9.17) is 0 Å². The Morgan fingerprint density at radius 3 is 2.75 bits per heavy atom. The van der Waals surface area contributed by atoms with Crippen LogP contribution in [0.4, 0.5) is 0 Å². The van der Waals surface area contributed by atoms with Crippen molar-refractivity contribution in [1.29, 1.82) is 0 Å². The molecule has 6 heteroatoms. The lowest BCUT2D eigenvalue weighted by Gasteiger charge is -2.09. The van der Waals surface area contributed by atoms with Gasteiger partial charge in [-0.05, 0) is 61.7 Å². The number of sulfonamides is 1. The van der Waals surface area contributed by atoms with Crippen LogP contribution in [0.25, 0.3) is 11.0 Å². The van der Waals surface area contributed by atoms with Crippen LogP contribution in [-0.2, 0) is 16.6 Å². The number of benzene rings is 1. The molecule has 3 aromatic rings. The van der Waals surface area contributed by atoms with E-state index in [0.29, 0.717) is 17.9 Å². The summed E-state index contributed by atoms with van der Waals surface area (Å²) in [4.78, 5) is 4.68. The highest BCUT2D eigenvalue weighted by Crippen LogP contribution is 2.15. The standard InChI is InChI=1S/C18H21N3O2S/c1-14-6-7-17(13-15(14)2)24(22,23)20-10-4-11-21-12-8-16-5-3-9-19-18(16)21/h3,5-9,12-13,20H,4,10-11H2,1-2H3. The lowest BCUT2D eigenvalue weighted by atomic mass is 10.1. The average Bonchev–Trinajstić information content (AvgIpc) is 2.97. The minimum Gasteiger partial charge on any atom is -0.332 e. The second kappa shape index (κ2) is 6.75. The van der Waals surface area contributed by atoms with Gasteiger partial charge in [0.05, 0.1) is 4.90 Å². The summed E-state index contributed by atoms with van der Waals surface area (Å²) in [5.41, 5.74) is 2.98. The fourth-order valence-corrected chi connectivity index (χ4v) is 3.78. The first kappa shape index (κ1) is 16.7. The van der Waals surface area contributed by atoms with Gasteiger partial charge in [0.2, 0.25) is 10.0 Å². The highest BCUT2D eigenvalue weighted by Gasteiger charge is 2.13. The van der Waals surface area contributed by atoms with Gasteiger partial charge in [0, 0.05) is 30.9 Å². The summed E-state index contributed by atoms with van der Waals surface area (Å²) in [6.07, 6.45) is 4.45. The van der Waals surface area contributed by atoms with Crippen molar-refractivity contribution >= 4 is 21.1 Å². The molecule has 1 aromatic carbocycles. The fraction of sp³-hybridized carbons (Fsp3) is 0.278. The zero-order valence-corrected chi connectivity index (χ0v) is 14.7. The maximum atomic E-state index is 12.3. The zero-order valence-electron chi connectivity index (χ0n) is 13.9.